The molecule has 1 aliphatic heterocycles. The lowest BCUT2D eigenvalue weighted by atomic mass is 10.1. The molecule has 1 saturated heterocycles. The predicted octanol–water partition coefficient (Wildman–Crippen LogP) is 2.88. The fraction of sp³-hybridized carbons (Fsp3) is 0.348. The van der Waals surface area contributed by atoms with Gasteiger partial charge >= 0.3 is 0 Å². The Morgan fingerprint density at radius 3 is 2.62 bits per heavy atom. The molecule has 0 spiro atoms. The van der Waals surface area contributed by atoms with Gasteiger partial charge in [-0.05, 0) is 31.0 Å². The van der Waals surface area contributed by atoms with Gasteiger partial charge in [0.15, 0.2) is 5.82 Å². The van der Waals surface area contributed by atoms with Gasteiger partial charge in [-0.1, -0.05) is 59.8 Å². The van der Waals surface area contributed by atoms with E-state index in [1.54, 1.807) is 0 Å². The van der Waals surface area contributed by atoms with Crippen molar-refractivity contribution in [3.05, 3.63) is 71.0 Å². The molecule has 1 atom stereocenters. The first-order chi connectivity index (χ1) is 15.5. The van der Waals surface area contributed by atoms with Gasteiger partial charge in [0.1, 0.15) is 17.6 Å². The Labute approximate surface area is 191 Å². The van der Waals surface area contributed by atoms with Crippen molar-refractivity contribution in [3.63, 3.8) is 0 Å². The van der Waals surface area contributed by atoms with E-state index in [9.17, 15) is 4.79 Å². The third-order valence-electron chi connectivity index (χ3n) is 5.29. The summed E-state index contributed by atoms with van der Waals surface area (Å²) in [5, 5.41) is 8.41. The minimum absolute atomic E-state index is 0.0144. The Hall–Kier alpha value is -3.04. The molecule has 4 rings (SSSR count). The Kier molecular flexibility index (Phi) is 6.96. The second kappa shape index (κ2) is 10.1. The summed E-state index contributed by atoms with van der Waals surface area (Å²) in [6.07, 6.45) is 0. The lowest BCUT2D eigenvalue weighted by Crippen LogP contribution is -2.42. The van der Waals surface area contributed by atoms with E-state index in [4.69, 9.17) is 15.3 Å². The van der Waals surface area contributed by atoms with Crippen molar-refractivity contribution >= 4 is 17.7 Å². The average molecular weight is 454 g/mol. The molecule has 2 N–H and O–H groups in total. The molecule has 0 aliphatic carbocycles. The number of benzene rings is 2. The summed E-state index contributed by atoms with van der Waals surface area (Å²) in [7, 11) is 0. The zero-order valence-electron chi connectivity index (χ0n) is 18.2. The molecule has 1 fully saturated rings. The quantitative estimate of drug-likeness (QED) is 0.434. The minimum atomic E-state index is -0.478. The summed E-state index contributed by atoms with van der Waals surface area (Å²) in [5.41, 5.74) is 3.11. The van der Waals surface area contributed by atoms with Gasteiger partial charge in [-0.3, -0.25) is 4.79 Å². The topological polar surface area (TPSA) is 95.5 Å². The van der Waals surface area contributed by atoms with Gasteiger partial charge in [0.25, 0.3) is 0 Å². The number of hydrogen-bond acceptors (Lipinski definition) is 7. The second-order valence-corrected chi connectivity index (χ2v) is 8.74. The molecule has 1 aromatic heterocycles. The minimum Gasteiger partial charge on any atom is -0.485 e. The average Bonchev–Trinajstić information content (AvgIpc) is 3.16. The van der Waals surface area contributed by atoms with Crippen molar-refractivity contribution in [2.45, 2.75) is 30.9 Å². The Morgan fingerprint density at radius 2 is 1.91 bits per heavy atom. The third-order valence-corrected chi connectivity index (χ3v) is 6.49. The van der Waals surface area contributed by atoms with Crippen LogP contribution in [0, 0.1) is 13.8 Å². The summed E-state index contributed by atoms with van der Waals surface area (Å²) in [4.78, 5) is 15.2. The number of hydrogen-bond donors (Lipinski definition) is 1. The zero-order valence-corrected chi connectivity index (χ0v) is 19.0. The third kappa shape index (κ3) is 5.05. The summed E-state index contributed by atoms with van der Waals surface area (Å²) in [6.45, 7) is 6.47. The number of nitrogen functional groups attached to an aromatic ring is 1. The first-order valence-electron chi connectivity index (χ1n) is 10.5. The molecule has 0 saturated carbocycles. The fourth-order valence-electron chi connectivity index (χ4n) is 3.53. The first kappa shape index (κ1) is 22.2. The molecule has 1 amide bonds. The molecular weight excluding hydrogens is 426 g/mol. The van der Waals surface area contributed by atoms with Crippen LogP contribution < -0.4 is 10.6 Å². The van der Waals surface area contributed by atoms with Gasteiger partial charge in [0.2, 0.25) is 11.1 Å². The van der Waals surface area contributed by atoms with Crippen molar-refractivity contribution in [3.8, 4) is 5.75 Å². The molecule has 1 aliphatic rings. The van der Waals surface area contributed by atoms with E-state index in [0.717, 1.165) is 16.9 Å². The predicted molar refractivity (Wildman–Crippen MR) is 123 cm³/mol. The van der Waals surface area contributed by atoms with E-state index in [1.807, 2.05) is 61.2 Å². The van der Waals surface area contributed by atoms with Gasteiger partial charge in [0.05, 0.1) is 13.2 Å². The molecular formula is C23H27N5O3S. The standard InChI is InChI=1S/C23H27N5O3S/c1-16-8-9-19(17(2)14-16)31-15-20-25-26-23(28(20)24)32-21(18-6-4-3-5-7-18)22(29)27-10-12-30-13-11-27/h3-9,14,21H,10-13,15,24H2,1-2H3/t21-/m0/s1. The number of morpholine rings is 1. The van der Waals surface area contributed by atoms with Gasteiger partial charge < -0.3 is 20.2 Å². The number of carbonyl (C=O) groups is 1. The number of thioether (sulfide) groups is 1. The number of nitrogens with zero attached hydrogens (tertiary/aromatic N) is 4. The van der Waals surface area contributed by atoms with Crippen molar-refractivity contribution in [2.24, 2.45) is 0 Å². The number of nitrogens with two attached hydrogens (primary N) is 1. The number of rotatable bonds is 7. The summed E-state index contributed by atoms with van der Waals surface area (Å²) >= 11 is 1.29. The smallest absolute Gasteiger partial charge is 0.240 e. The molecule has 2 heterocycles. The molecule has 2 aromatic carbocycles. The Bertz CT molecular complexity index is 1070. The SMILES string of the molecule is Cc1ccc(OCc2nnc(S[C@H](C(=O)N3CCOCC3)c3ccccc3)n2N)c(C)c1. The van der Waals surface area contributed by atoms with Crippen LogP contribution in [0.3, 0.4) is 0 Å². The normalized spacial score (nSPS) is 14.9. The van der Waals surface area contributed by atoms with E-state index in [0.29, 0.717) is 37.3 Å². The number of carbonyl (C=O) groups excluding carboxylic acids is 1. The van der Waals surface area contributed by atoms with Crippen molar-refractivity contribution in [1.29, 1.82) is 0 Å². The van der Waals surface area contributed by atoms with Crippen LogP contribution >= 0.6 is 11.8 Å². The van der Waals surface area contributed by atoms with E-state index < -0.39 is 5.25 Å². The highest BCUT2D eigenvalue weighted by Gasteiger charge is 2.30. The lowest BCUT2D eigenvalue weighted by molar-refractivity contribution is -0.134. The zero-order chi connectivity index (χ0) is 22.5. The largest absolute Gasteiger partial charge is 0.485 e. The monoisotopic (exact) mass is 453 g/mol. The van der Waals surface area contributed by atoms with Crippen LogP contribution in [0.25, 0.3) is 0 Å². The van der Waals surface area contributed by atoms with Crippen molar-refractivity contribution in [1.82, 2.24) is 19.8 Å². The van der Waals surface area contributed by atoms with E-state index in [2.05, 4.69) is 16.3 Å². The maximum absolute atomic E-state index is 13.3. The van der Waals surface area contributed by atoms with E-state index in [-0.39, 0.29) is 12.5 Å². The summed E-state index contributed by atoms with van der Waals surface area (Å²) < 4.78 is 12.7. The van der Waals surface area contributed by atoms with Crippen molar-refractivity contribution < 1.29 is 14.3 Å². The van der Waals surface area contributed by atoms with Crippen LogP contribution in [0.15, 0.2) is 53.7 Å². The van der Waals surface area contributed by atoms with E-state index >= 15 is 0 Å². The van der Waals surface area contributed by atoms with Crippen LogP contribution in [-0.2, 0) is 16.1 Å². The first-order valence-corrected chi connectivity index (χ1v) is 11.4. The number of aryl methyl sites for hydroxylation is 2. The number of amides is 1. The molecule has 0 bridgehead atoms. The molecule has 168 valence electrons. The van der Waals surface area contributed by atoms with Crippen LogP contribution in [0.5, 0.6) is 5.75 Å². The highest BCUT2D eigenvalue weighted by Crippen LogP contribution is 2.36. The van der Waals surface area contributed by atoms with E-state index in [1.165, 1.54) is 22.0 Å². The highest BCUT2D eigenvalue weighted by atomic mass is 32.2. The summed E-state index contributed by atoms with van der Waals surface area (Å²) in [6, 6.07) is 15.7. The number of aromatic nitrogens is 3. The maximum atomic E-state index is 13.3. The fourth-order valence-corrected chi connectivity index (χ4v) is 4.59. The Morgan fingerprint density at radius 1 is 1.16 bits per heavy atom. The van der Waals surface area contributed by atoms with Crippen LogP contribution in [0.2, 0.25) is 0 Å². The summed E-state index contributed by atoms with van der Waals surface area (Å²) in [5.74, 6) is 7.55. The van der Waals surface area contributed by atoms with Crippen LogP contribution in [0.1, 0.15) is 27.8 Å². The molecule has 32 heavy (non-hydrogen) atoms. The molecule has 9 heteroatoms. The highest BCUT2D eigenvalue weighted by molar-refractivity contribution is 8.00. The molecule has 8 nitrogen and oxygen atoms in total. The maximum Gasteiger partial charge on any atom is 0.240 e. The second-order valence-electron chi connectivity index (χ2n) is 7.67. The molecule has 0 unspecified atom stereocenters. The van der Waals surface area contributed by atoms with Gasteiger partial charge in [0, 0.05) is 13.1 Å². The van der Waals surface area contributed by atoms with Crippen LogP contribution in [-0.4, -0.2) is 52.0 Å². The van der Waals surface area contributed by atoms with Crippen molar-refractivity contribution in [2.75, 3.05) is 32.1 Å². The molecule has 0 radical (unpaired) electrons. The molecule has 3 aromatic rings. The Balaban J connectivity index is 1.51. The lowest BCUT2D eigenvalue weighted by Gasteiger charge is -2.30. The van der Waals surface area contributed by atoms with Crippen LogP contribution in [0.4, 0.5) is 0 Å². The van der Waals surface area contributed by atoms with Gasteiger partial charge in [-0.15, -0.1) is 10.2 Å². The van der Waals surface area contributed by atoms with Gasteiger partial charge in [-0.25, -0.2) is 4.68 Å². The number of ether oxygens (including phenoxy) is 2. The van der Waals surface area contributed by atoms with Gasteiger partial charge in [-0.2, -0.15) is 0 Å².